The molecular weight excluding hydrogens is 374 g/mol. The lowest BCUT2D eigenvalue weighted by molar-refractivity contribution is 0.0704. The number of β-amino-alcohol motifs (C(OH)–C–C–N with tert-alkyl or cyclic N) is 1. The van der Waals surface area contributed by atoms with Gasteiger partial charge in [0, 0.05) is 62.9 Å². The van der Waals surface area contributed by atoms with Gasteiger partial charge in [-0.1, -0.05) is 6.07 Å². The Bertz CT molecular complexity index is 629. The molecule has 0 amide bonds. The van der Waals surface area contributed by atoms with Crippen molar-refractivity contribution in [3.63, 3.8) is 0 Å². The Kier molecular flexibility index (Phi) is 7.01. The van der Waals surface area contributed by atoms with Gasteiger partial charge in [0.1, 0.15) is 12.7 Å². The summed E-state index contributed by atoms with van der Waals surface area (Å²) in [5.74, 6) is 3.76. The lowest BCUT2D eigenvalue weighted by Crippen LogP contribution is -2.50. The highest BCUT2D eigenvalue weighted by Crippen LogP contribution is 2.30. The van der Waals surface area contributed by atoms with Crippen LogP contribution in [0.5, 0.6) is 11.5 Å². The van der Waals surface area contributed by atoms with Crippen molar-refractivity contribution >= 4 is 11.8 Å². The summed E-state index contributed by atoms with van der Waals surface area (Å²) in [6, 6.07) is 7.49. The number of likely N-dealkylation sites (tertiary alicyclic amines) is 1. The Morgan fingerprint density at radius 3 is 2.61 bits per heavy atom. The van der Waals surface area contributed by atoms with Gasteiger partial charge in [-0.05, 0) is 30.5 Å². The minimum atomic E-state index is -0.483. The summed E-state index contributed by atoms with van der Waals surface area (Å²) in [6.45, 7) is 6.26. The van der Waals surface area contributed by atoms with Crippen molar-refractivity contribution in [3.05, 3.63) is 23.8 Å². The number of hydrogen-bond donors (Lipinski definition) is 2. The number of fused-ring (bicyclic) bond motifs is 2. The van der Waals surface area contributed by atoms with Crippen LogP contribution in [0.25, 0.3) is 0 Å². The average Bonchev–Trinajstić information content (AvgIpc) is 3.05. The van der Waals surface area contributed by atoms with E-state index in [0.717, 1.165) is 50.0 Å². The Hall–Kier alpha value is -0.990. The minimum absolute atomic E-state index is 0.292. The van der Waals surface area contributed by atoms with E-state index in [0.29, 0.717) is 31.0 Å². The van der Waals surface area contributed by atoms with Crippen molar-refractivity contribution in [2.24, 2.45) is 0 Å². The van der Waals surface area contributed by atoms with E-state index in [9.17, 15) is 5.11 Å². The molecule has 6 nitrogen and oxygen atoms in total. The molecule has 3 saturated heterocycles. The van der Waals surface area contributed by atoms with Gasteiger partial charge in [-0.2, -0.15) is 11.8 Å². The molecule has 7 heteroatoms. The average molecular weight is 408 g/mol. The summed E-state index contributed by atoms with van der Waals surface area (Å²) in [7, 11) is 1.68. The highest BCUT2D eigenvalue weighted by atomic mass is 32.2. The number of benzene rings is 1. The first-order chi connectivity index (χ1) is 13.7. The first kappa shape index (κ1) is 20.3. The van der Waals surface area contributed by atoms with Crippen molar-refractivity contribution in [2.45, 2.75) is 37.6 Å². The second kappa shape index (κ2) is 9.67. The number of piperazine rings is 1. The molecule has 2 bridgehead atoms. The van der Waals surface area contributed by atoms with Gasteiger partial charge < -0.3 is 19.9 Å². The SMILES string of the molecule is COc1cc(CN2C[C@H]3CC[C@@H](C2)N3)ccc1OCC(O)CN1CCSCC1. The van der Waals surface area contributed by atoms with Crippen molar-refractivity contribution in [1.82, 2.24) is 15.1 Å². The Balaban J connectivity index is 1.29. The summed E-state index contributed by atoms with van der Waals surface area (Å²) in [6.07, 6.45) is 2.12. The van der Waals surface area contributed by atoms with E-state index >= 15 is 0 Å². The van der Waals surface area contributed by atoms with Crippen LogP contribution in [0.15, 0.2) is 18.2 Å². The summed E-state index contributed by atoms with van der Waals surface area (Å²) in [5, 5.41) is 14.0. The summed E-state index contributed by atoms with van der Waals surface area (Å²) >= 11 is 1.98. The standard InChI is InChI=1S/C21H33N3O3S/c1-26-21-10-16(11-24-12-17-3-4-18(13-24)22-17)2-5-20(21)27-15-19(25)14-23-6-8-28-9-7-23/h2,5,10,17-19,22,25H,3-4,6-9,11-15H2,1H3/t17-,18+,19?. The van der Waals surface area contributed by atoms with Crippen LogP contribution >= 0.6 is 11.8 Å². The molecule has 3 aliphatic rings. The van der Waals surface area contributed by atoms with E-state index < -0.39 is 6.10 Å². The lowest BCUT2D eigenvalue weighted by atomic mass is 10.1. The highest BCUT2D eigenvalue weighted by Gasteiger charge is 2.31. The monoisotopic (exact) mass is 407 g/mol. The van der Waals surface area contributed by atoms with E-state index in [1.54, 1.807) is 7.11 Å². The third-order valence-electron chi connectivity index (χ3n) is 5.93. The van der Waals surface area contributed by atoms with Gasteiger partial charge in [0.15, 0.2) is 11.5 Å². The number of nitrogens with one attached hydrogen (secondary N) is 1. The summed E-state index contributed by atoms with van der Waals surface area (Å²) < 4.78 is 11.5. The molecule has 156 valence electrons. The molecule has 2 N–H and O–H groups in total. The largest absolute Gasteiger partial charge is 0.493 e. The predicted octanol–water partition coefficient (Wildman–Crippen LogP) is 1.42. The minimum Gasteiger partial charge on any atom is -0.493 e. The maximum atomic E-state index is 10.3. The van der Waals surface area contributed by atoms with E-state index in [4.69, 9.17) is 9.47 Å². The number of aliphatic hydroxyl groups excluding tert-OH is 1. The van der Waals surface area contributed by atoms with Gasteiger partial charge in [-0.25, -0.2) is 0 Å². The molecule has 28 heavy (non-hydrogen) atoms. The number of hydrogen-bond acceptors (Lipinski definition) is 7. The predicted molar refractivity (Wildman–Crippen MR) is 113 cm³/mol. The van der Waals surface area contributed by atoms with Gasteiger partial charge >= 0.3 is 0 Å². The number of thioether (sulfide) groups is 1. The molecule has 3 atom stereocenters. The fourth-order valence-corrected chi connectivity index (χ4v) is 5.50. The first-order valence-electron chi connectivity index (χ1n) is 10.5. The molecule has 1 aromatic rings. The van der Waals surface area contributed by atoms with Crippen LogP contribution in [0.4, 0.5) is 0 Å². The first-order valence-corrected chi connectivity index (χ1v) is 11.6. The number of nitrogens with zero attached hydrogens (tertiary/aromatic N) is 2. The van der Waals surface area contributed by atoms with Crippen LogP contribution in [-0.2, 0) is 6.54 Å². The fourth-order valence-electron chi connectivity index (χ4n) is 4.53. The molecule has 3 aliphatic heterocycles. The zero-order valence-corrected chi connectivity index (χ0v) is 17.6. The molecule has 0 aliphatic carbocycles. The molecule has 4 rings (SSSR count). The Morgan fingerprint density at radius 1 is 1.14 bits per heavy atom. The van der Waals surface area contributed by atoms with Gasteiger partial charge in [0.25, 0.3) is 0 Å². The normalized spacial score (nSPS) is 26.9. The van der Waals surface area contributed by atoms with Gasteiger partial charge in [0.05, 0.1) is 7.11 Å². The molecule has 0 spiro atoms. The molecule has 3 fully saturated rings. The molecule has 3 heterocycles. The van der Waals surface area contributed by atoms with E-state index in [2.05, 4.69) is 27.2 Å². The van der Waals surface area contributed by atoms with Crippen LogP contribution in [0.3, 0.4) is 0 Å². The maximum absolute atomic E-state index is 10.3. The smallest absolute Gasteiger partial charge is 0.161 e. The van der Waals surface area contributed by atoms with Crippen molar-refractivity contribution < 1.29 is 14.6 Å². The van der Waals surface area contributed by atoms with E-state index in [1.165, 1.54) is 18.4 Å². The van der Waals surface area contributed by atoms with E-state index in [-0.39, 0.29) is 0 Å². The van der Waals surface area contributed by atoms with Crippen LogP contribution in [0.2, 0.25) is 0 Å². The number of aliphatic hydroxyl groups is 1. The lowest BCUT2D eigenvalue weighted by Gasteiger charge is -2.32. The van der Waals surface area contributed by atoms with Gasteiger partial charge in [-0.15, -0.1) is 0 Å². The Morgan fingerprint density at radius 2 is 1.89 bits per heavy atom. The third kappa shape index (κ3) is 5.33. The Labute approximate surface area is 172 Å². The van der Waals surface area contributed by atoms with E-state index in [1.807, 2.05) is 17.8 Å². The fraction of sp³-hybridized carbons (Fsp3) is 0.714. The summed E-state index contributed by atoms with van der Waals surface area (Å²) in [5.41, 5.74) is 1.25. The highest BCUT2D eigenvalue weighted by molar-refractivity contribution is 7.99. The van der Waals surface area contributed by atoms with Crippen LogP contribution in [-0.4, -0.2) is 91.0 Å². The molecule has 1 aromatic carbocycles. The molecule has 0 aromatic heterocycles. The number of methoxy groups -OCH3 is 1. The molecule has 0 radical (unpaired) electrons. The quantitative estimate of drug-likeness (QED) is 0.676. The number of rotatable bonds is 8. The molecular formula is C21H33N3O3S. The second-order valence-corrected chi connectivity index (χ2v) is 9.42. The summed E-state index contributed by atoms with van der Waals surface area (Å²) in [4.78, 5) is 4.85. The van der Waals surface area contributed by atoms with Crippen molar-refractivity contribution in [3.8, 4) is 11.5 Å². The maximum Gasteiger partial charge on any atom is 0.161 e. The third-order valence-corrected chi connectivity index (χ3v) is 6.87. The van der Waals surface area contributed by atoms with Gasteiger partial charge in [0.2, 0.25) is 0 Å². The van der Waals surface area contributed by atoms with Crippen LogP contribution in [0, 0.1) is 0 Å². The molecule has 1 unspecified atom stereocenters. The van der Waals surface area contributed by atoms with Crippen LogP contribution < -0.4 is 14.8 Å². The number of ether oxygens (including phenoxy) is 2. The molecule has 0 saturated carbocycles. The van der Waals surface area contributed by atoms with Crippen molar-refractivity contribution in [2.75, 3.05) is 57.9 Å². The zero-order valence-electron chi connectivity index (χ0n) is 16.8. The van der Waals surface area contributed by atoms with Gasteiger partial charge in [-0.3, -0.25) is 9.80 Å². The second-order valence-electron chi connectivity index (χ2n) is 8.19. The topological polar surface area (TPSA) is 57.2 Å². The van der Waals surface area contributed by atoms with Crippen LogP contribution in [0.1, 0.15) is 18.4 Å². The van der Waals surface area contributed by atoms with Crippen molar-refractivity contribution in [1.29, 1.82) is 0 Å². The zero-order chi connectivity index (χ0) is 19.3.